The first-order valence-electron chi connectivity index (χ1n) is 10.1. The van der Waals surface area contributed by atoms with Crippen molar-refractivity contribution >= 4 is 17.5 Å². The summed E-state index contributed by atoms with van der Waals surface area (Å²) < 4.78 is 45.4. The molecule has 7 atom stereocenters. The molecule has 9 nitrogen and oxygen atoms in total. The molecule has 0 radical (unpaired) electrons. The Labute approximate surface area is 179 Å². The van der Waals surface area contributed by atoms with Crippen LogP contribution in [0.5, 0.6) is 0 Å². The average molecular weight is 458 g/mol. The number of hydrazine groups is 1. The van der Waals surface area contributed by atoms with E-state index in [4.69, 9.17) is 22.1 Å². The number of nitrogens with zero attached hydrogens (tertiary/aromatic N) is 2. The number of fused-ring (bicyclic) bond motifs is 1. The van der Waals surface area contributed by atoms with Crippen molar-refractivity contribution in [2.45, 2.75) is 48.5 Å². The van der Waals surface area contributed by atoms with E-state index in [1.807, 2.05) is 19.0 Å². The number of carbonyl (C=O) groups excluding carboxylic acids is 1. The Morgan fingerprint density at radius 2 is 2.07 bits per heavy atom. The fourth-order valence-electron chi connectivity index (χ4n) is 4.10. The van der Waals surface area contributed by atoms with Crippen molar-refractivity contribution in [1.82, 2.24) is 31.3 Å². The second kappa shape index (κ2) is 9.82. The van der Waals surface area contributed by atoms with Crippen LogP contribution in [0.4, 0.5) is 13.2 Å². The van der Waals surface area contributed by atoms with E-state index >= 15 is 0 Å². The van der Waals surface area contributed by atoms with E-state index in [9.17, 15) is 18.0 Å². The van der Waals surface area contributed by atoms with Gasteiger partial charge in [-0.15, -0.1) is 11.6 Å². The third-order valence-corrected chi connectivity index (χ3v) is 6.01. The molecule has 0 saturated carbocycles. The number of amides is 1. The lowest BCUT2D eigenvalue weighted by Crippen LogP contribution is -2.63. The Balaban J connectivity index is 1.64. The van der Waals surface area contributed by atoms with Gasteiger partial charge in [0.15, 0.2) is 0 Å². The lowest BCUT2D eigenvalue weighted by atomic mass is 9.95. The van der Waals surface area contributed by atoms with E-state index in [-0.39, 0.29) is 37.0 Å². The van der Waals surface area contributed by atoms with Crippen LogP contribution in [-0.4, -0.2) is 105 Å². The fraction of sp³-hybridized carbons (Fsp3) is 0.941. The Bertz CT molecular complexity index is 600. The maximum Gasteiger partial charge on any atom is 0.403 e. The highest BCUT2D eigenvalue weighted by atomic mass is 35.5. The number of rotatable bonds is 6. The number of ether oxygens (including phenoxy) is 1. The van der Waals surface area contributed by atoms with Crippen molar-refractivity contribution in [3.05, 3.63) is 0 Å². The Morgan fingerprint density at radius 1 is 1.33 bits per heavy atom. The van der Waals surface area contributed by atoms with Crippen LogP contribution < -0.4 is 27.1 Å². The Kier molecular flexibility index (Phi) is 7.83. The number of alkyl halides is 4. The second-order valence-electron chi connectivity index (χ2n) is 8.35. The van der Waals surface area contributed by atoms with Gasteiger partial charge in [0.25, 0.3) is 0 Å². The number of hydrogen-bond donors (Lipinski definition) is 5. The van der Waals surface area contributed by atoms with Gasteiger partial charge in [0, 0.05) is 26.2 Å². The van der Waals surface area contributed by atoms with Gasteiger partial charge in [0.2, 0.25) is 5.91 Å². The molecule has 0 spiro atoms. The highest BCUT2D eigenvalue weighted by Crippen LogP contribution is 2.28. The lowest BCUT2D eigenvalue weighted by molar-refractivity contribution is -0.173. The largest absolute Gasteiger partial charge is 0.403 e. The van der Waals surface area contributed by atoms with Crippen LogP contribution in [-0.2, 0) is 9.53 Å². The van der Waals surface area contributed by atoms with Crippen LogP contribution in [0.2, 0.25) is 0 Å². The quantitative estimate of drug-likeness (QED) is 0.310. The van der Waals surface area contributed by atoms with E-state index in [2.05, 4.69) is 21.4 Å². The van der Waals surface area contributed by atoms with E-state index in [0.717, 1.165) is 0 Å². The molecule has 174 valence electrons. The maximum atomic E-state index is 13.2. The van der Waals surface area contributed by atoms with Crippen LogP contribution in [0.3, 0.4) is 0 Å². The van der Waals surface area contributed by atoms with E-state index in [0.29, 0.717) is 19.6 Å². The summed E-state index contributed by atoms with van der Waals surface area (Å²) in [6.07, 6.45) is -6.35. The van der Waals surface area contributed by atoms with Crippen molar-refractivity contribution in [1.29, 1.82) is 0 Å². The predicted molar refractivity (Wildman–Crippen MR) is 105 cm³/mol. The maximum absolute atomic E-state index is 13.2. The van der Waals surface area contributed by atoms with Crippen molar-refractivity contribution in [3.8, 4) is 0 Å². The summed E-state index contributed by atoms with van der Waals surface area (Å²) in [7, 11) is 3.71. The number of piperidine rings is 1. The molecule has 3 saturated heterocycles. The minimum Gasteiger partial charge on any atom is -0.375 e. The van der Waals surface area contributed by atoms with E-state index < -0.39 is 36.4 Å². The molecule has 1 amide bonds. The Hall–Kier alpha value is -0.730. The summed E-state index contributed by atoms with van der Waals surface area (Å²) in [4.78, 5) is 14.9. The lowest BCUT2D eigenvalue weighted by Gasteiger charge is -2.39. The summed E-state index contributed by atoms with van der Waals surface area (Å²) >= 11 is 6.15. The normalized spacial score (nSPS) is 37.9. The van der Waals surface area contributed by atoms with Crippen LogP contribution in [0.15, 0.2) is 0 Å². The zero-order chi connectivity index (χ0) is 22.1. The molecule has 7 unspecified atom stereocenters. The fourth-order valence-corrected chi connectivity index (χ4v) is 4.34. The molecule has 3 heterocycles. The minimum absolute atomic E-state index is 0.0382. The first-order chi connectivity index (χ1) is 14.1. The molecule has 13 heteroatoms. The number of likely N-dealkylation sites (N-methyl/N-ethyl adjacent to an activating group) is 1. The Morgan fingerprint density at radius 3 is 2.73 bits per heavy atom. The molecule has 6 N–H and O–H groups in total. The predicted octanol–water partition coefficient (Wildman–Crippen LogP) is -1.40. The number of hydrogen-bond acceptors (Lipinski definition) is 8. The van der Waals surface area contributed by atoms with Gasteiger partial charge in [-0.1, -0.05) is 0 Å². The van der Waals surface area contributed by atoms with Gasteiger partial charge in [-0.2, -0.15) is 13.2 Å². The third-order valence-electron chi connectivity index (χ3n) is 5.72. The van der Waals surface area contributed by atoms with Crippen molar-refractivity contribution in [2.75, 3.05) is 46.9 Å². The molecular weight excluding hydrogens is 427 g/mol. The highest BCUT2D eigenvalue weighted by molar-refractivity contribution is 6.21. The number of carbonyl (C=O) groups is 1. The molecule has 0 aromatic carbocycles. The zero-order valence-electron chi connectivity index (χ0n) is 17.1. The van der Waals surface area contributed by atoms with Crippen molar-refractivity contribution < 1.29 is 22.7 Å². The highest BCUT2D eigenvalue weighted by Gasteiger charge is 2.49. The topological polar surface area (TPSA) is 107 Å². The van der Waals surface area contributed by atoms with Crippen molar-refractivity contribution in [2.24, 2.45) is 11.7 Å². The van der Waals surface area contributed by atoms with Crippen LogP contribution in [0, 0.1) is 5.92 Å². The monoisotopic (exact) mass is 457 g/mol. The molecule has 0 aliphatic carbocycles. The van der Waals surface area contributed by atoms with Crippen LogP contribution >= 0.6 is 11.6 Å². The summed E-state index contributed by atoms with van der Waals surface area (Å²) in [6, 6.07) is -2.26. The summed E-state index contributed by atoms with van der Waals surface area (Å²) in [5.41, 5.74) is 9.16. The van der Waals surface area contributed by atoms with Gasteiger partial charge < -0.3 is 26.0 Å². The zero-order valence-corrected chi connectivity index (χ0v) is 17.8. The molecule has 3 fully saturated rings. The van der Waals surface area contributed by atoms with Gasteiger partial charge >= 0.3 is 6.18 Å². The van der Waals surface area contributed by atoms with Gasteiger partial charge in [-0.05, 0) is 20.5 Å². The van der Waals surface area contributed by atoms with Gasteiger partial charge in [-0.25, -0.2) is 10.4 Å². The van der Waals surface area contributed by atoms with Gasteiger partial charge in [0.05, 0.1) is 42.4 Å². The number of halogens is 4. The SMILES string of the molecule is CN(C)CCOC1CC(C(F)(F)F)NCC1NC(=O)C1C(N)NN2CC(Cl)CNC12. The van der Waals surface area contributed by atoms with Crippen LogP contribution in [0.1, 0.15) is 6.42 Å². The molecule has 3 rings (SSSR count). The smallest absolute Gasteiger partial charge is 0.375 e. The summed E-state index contributed by atoms with van der Waals surface area (Å²) in [5.74, 6) is -0.946. The summed E-state index contributed by atoms with van der Waals surface area (Å²) in [5, 5.41) is 10.3. The van der Waals surface area contributed by atoms with E-state index in [1.165, 1.54) is 0 Å². The standard InChI is InChI=1S/C17H31ClF3N7O2/c1-27(2)3-4-30-11-5-12(17(19,20)21)23-7-10(11)25-16(29)13-14(22)26-28-8-9(18)6-24-15(13)28/h9-15,23-24,26H,3-8,22H2,1-2H3,(H,25,29). The van der Waals surface area contributed by atoms with Gasteiger partial charge in [-0.3, -0.25) is 10.1 Å². The minimum atomic E-state index is -4.37. The van der Waals surface area contributed by atoms with E-state index in [1.54, 1.807) is 5.01 Å². The molecular formula is C17H31ClF3N7O2. The first-order valence-corrected chi connectivity index (χ1v) is 10.5. The van der Waals surface area contributed by atoms with Crippen LogP contribution in [0.25, 0.3) is 0 Å². The second-order valence-corrected chi connectivity index (χ2v) is 8.97. The third kappa shape index (κ3) is 5.74. The molecule has 3 aliphatic rings. The molecule has 3 aliphatic heterocycles. The first kappa shape index (κ1) is 23.9. The number of nitrogens with one attached hydrogen (secondary N) is 4. The molecule has 0 aromatic rings. The van der Waals surface area contributed by atoms with Gasteiger partial charge in [0.1, 0.15) is 6.04 Å². The molecule has 0 aromatic heterocycles. The van der Waals surface area contributed by atoms with Crippen molar-refractivity contribution in [3.63, 3.8) is 0 Å². The number of nitrogens with two attached hydrogens (primary N) is 1. The summed E-state index contributed by atoms with van der Waals surface area (Å²) in [6.45, 7) is 1.87. The average Bonchev–Trinajstić information content (AvgIpc) is 2.96. The molecule has 0 bridgehead atoms. The molecule has 30 heavy (non-hydrogen) atoms.